The summed E-state index contributed by atoms with van der Waals surface area (Å²) in [5.74, 6) is -6.45. The van der Waals surface area contributed by atoms with Crippen molar-refractivity contribution in [3.63, 3.8) is 0 Å². The lowest BCUT2D eigenvalue weighted by atomic mass is 9.81. The van der Waals surface area contributed by atoms with Crippen LogP contribution in [0.4, 0.5) is 0 Å². The van der Waals surface area contributed by atoms with Crippen molar-refractivity contribution in [1.29, 1.82) is 0 Å². The lowest BCUT2D eigenvalue weighted by Crippen LogP contribution is -2.48. The second kappa shape index (κ2) is 25.4. The van der Waals surface area contributed by atoms with Gasteiger partial charge in [0.05, 0.1) is 13.1 Å². The van der Waals surface area contributed by atoms with Crippen LogP contribution in [0.3, 0.4) is 0 Å². The number of carboxylic acid groups (broad SMARTS) is 4. The molecule has 1 saturated carbocycles. The van der Waals surface area contributed by atoms with Gasteiger partial charge in [0.2, 0.25) is 11.8 Å². The Balaban J connectivity index is 0.00000690. The summed E-state index contributed by atoms with van der Waals surface area (Å²) in [6, 6.07) is 6.27. The molecule has 8 N–H and O–H groups in total. The summed E-state index contributed by atoms with van der Waals surface area (Å²) in [5, 5.41) is 43.8. The molecule has 53 heavy (non-hydrogen) atoms. The Morgan fingerprint density at radius 2 is 1.30 bits per heavy atom. The Hall–Kier alpha value is -4.61. The number of unbranched alkanes of at least 4 members (excludes halogenated alkanes) is 1. The lowest BCUT2D eigenvalue weighted by Gasteiger charge is -2.32. The quantitative estimate of drug-likeness (QED) is 0.0687. The first-order chi connectivity index (χ1) is 25.2. The normalized spacial score (nSPS) is 15.9. The van der Waals surface area contributed by atoms with Gasteiger partial charge in [-0.25, -0.2) is 0 Å². The van der Waals surface area contributed by atoms with Gasteiger partial charge >= 0.3 is 23.9 Å². The Morgan fingerprint density at radius 1 is 0.755 bits per heavy atom. The molecule has 0 heterocycles. The zero-order valence-corrected chi connectivity index (χ0v) is 31.1. The van der Waals surface area contributed by atoms with E-state index >= 15 is 0 Å². The number of aryl methyl sites for hydroxylation is 1. The molecule has 1 aliphatic carbocycles. The maximum Gasteiger partial charge on any atom is 0.323 e. The maximum atomic E-state index is 13.2. The number of aliphatic carboxylic acids is 4. The molecule has 1 fully saturated rings. The number of carbonyl (C=O) groups is 7. The molecule has 1 aromatic carbocycles. The van der Waals surface area contributed by atoms with Crippen molar-refractivity contribution in [3.05, 3.63) is 35.4 Å². The van der Waals surface area contributed by atoms with Crippen LogP contribution in [-0.2, 0) is 28.8 Å². The van der Waals surface area contributed by atoms with E-state index in [2.05, 4.69) is 10.6 Å². The van der Waals surface area contributed by atoms with E-state index in [0.717, 1.165) is 10.5 Å². The molecule has 1 atom stereocenters. The Morgan fingerprint density at radius 3 is 1.83 bits per heavy atom. The zero-order chi connectivity index (χ0) is 39.9. The predicted molar refractivity (Wildman–Crippen MR) is 195 cm³/mol. The summed E-state index contributed by atoms with van der Waals surface area (Å²) in [5.41, 5.74) is 6.88. The highest BCUT2D eigenvalue weighted by Gasteiger charge is 2.32. The van der Waals surface area contributed by atoms with Crippen LogP contribution < -0.4 is 16.4 Å². The van der Waals surface area contributed by atoms with Gasteiger partial charge in [-0.05, 0) is 64.0 Å². The molecule has 0 aliphatic heterocycles. The smallest absolute Gasteiger partial charge is 0.323 e. The van der Waals surface area contributed by atoms with Crippen LogP contribution in [0.2, 0.25) is 0 Å². The number of carbonyl (C=O) groups excluding carboxylic acids is 3. The van der Waals surface area contributed by atoms with Gasteiger partial charge < -0.3 is 41.7 Å². The number of nitrogens with two attached hydrogens (primary N) is 1. The first-order valence-electron chi connectivity index (χ1n) is 18.2. The topological polar surface area (TPSA) is 260 Å². The molecule has 1 aromatic rings. The molecular weight excluding hydrogens is 692 g/mol. The average molecular weight is 751 g/mol. The summed E-state index contributed by atoms with van der Waals surface area (Å²) < 4.78 is 0. The highest BCUT2D eigenvalue weighted by Crippen LogP contribution is 2.30. The third-order valence-corrected chi connectivity index (χ3v) is 8.86. The highest BCUT2D eigenvalue weighted by atomic mass is 16.4. The Labute approximate surface area is 310 Å². The van der Waals surface area contributed by atoms with Crippen molar-refractivity contribution in [2.75, 3.05) is 65.4 Å². The van der Waals surface area contributed by atoms with Crippen molar-refractivity contribution in [2.45, 2.75) is 71.8 Å². The molecule has 3 amide bonds. The van der Waals surface area contributed by atoms with Crippen LogP contribution in [0.15, 0.2) is 24.3 Å². The lowest BCUT2D eigenvalue weighted by molar-refractivity contribution is -0.147. The fourth-order valence-electron chi connectivity index (χ4n) is 6.05. The minimum absolute atomic E-state index is 0.00758. The molecule has 0 radical (unpaired) electrons. The standard InChI is InChI=1S/C34H52N6O11.C2H6/c1-23-5-4-6-26(19-23)32(48)37-12-3-2-7-27(34(50)51)36-13-14-38(20-28(41)42)15-16-39(21-29(43)44)17-18-40(22-30(45)46)33(49)25-10-8-24(9-11-25)31(35)47;1-2/h4-6,19,24-25,27,36H,2-3,7-18,20-22H2,1H3,(H2,35,47)(H,37,48)(H,41,42)(H,43,44)(H,45,46)(H,50,51);1-2H3/t24?,25?,27-;/m1./s1. The molecule has 0 spiro atoms. The number of amides is 3. The van der Waals surface area contributed by atoms with Gasteiger partial charge in [-0.2, -0.15) is 0 Å². The summed E-state index contributed by atoms with van der Waals surface area (Å²) in [7, 11) is 0. The zero-order valence-electron chi connectivity index (χ0n) is 31.1. The van der Waals surface area contributed by atoms with Gasteiger partial charge in [0.1, 0.15) is 12.6 Å². The molecule has 0 saturated heterocycles. The molecule has 2 rings (SSSR count). The van der Waals surface area contributed by atoms with Gasteiger partial charge in [-0.3, -0.25) is 43.4 Å². The molecule has 298 valence electrons. The summed E-state index contributed by atoms with van der Waals surface area (Å²) >= 11 is 0. The Kier molecular flexibility index (Phi) is 22.2. The second-order valence-corrected chi connectivity index (χ2v) is 12.9. The fourth-order valence-corrected chi connectivity index (χ4v) is 6.05. The maximum absolute atomic E-state index is 13.2. The van der Waals surface area contributed by atoms with Crippen LogP contribution in [0.5, 0.6) is 0 Å². The second-order valence-electron chi connectivity index (χ2n) is 12.9. The SMILES string of the molecule is CC.Cc1cccc(C(=O)NCCCC[C@@H](NCCN(CCN(CCN(CC(=O)O)C(=O)C2CCC(C(N)=O)CC2)CC(=O)O)CC(=O)O)C(=O)O)c1. The molecular formula is C36H58N6O11. The molecule has 1 aliphatic rings. The van der Waals surface area contributed by atoms with E-state index in [4.69, 9.17) is 5.73 Å². The van der Waals surface area contributed by atoms with Gasteiger partial charge in [0, 0.05) is 63.2 Å². The van der Waals surface area contributed by atoms with E-state index in [1.807, 2.05) is 26.8 Å². The summed E-state index contributed by atoms with van der Waals surface area (Å²) in [6.45, 7) is 5.23. The minimum atomic E-state index is -1.23. The van der Waals surface area contributed by atoms with Crippen LogP contribution >= 0.6 is 0 Å². The minimum Gasteiger partial charge on any atom is -0.480 e. The van der Waals surface area contributed by atoms with Crippen LogP contribution in [-0.4, -0.2) is 148 Å². The molecule has 17 heteroatoms. The third-order valence-electron chi connectivity index (χ3n) is 8.86. The summed E-state index contributed by atoms with van der Waals surface area (Å²) in [4.78, 5) is 87.8. The molecule has 17 nitrogen and oxygen atoms in total. The van der Waals surface area contributed by atoms with Crippen LogP contribution in [0.1, 0.15) is 74.7 Å². The van der Waals surface area contributed by atoms with Gasteiger partial charge in [0.15, 0.2) is 0 Å². The monoisotopic (exact) mass is 750 g/mol. The van der Waals surface area contributed by atoms with Crippen LogP contribution in [0, 0.1) is 18.8 Å². The van der Waals surface area contributed by atoms with Gasteiger partial charge in [0.25, 0.3) is 5.91 Å². The van der Waals surface area contributed by atoms with E-state index < -0.39 is 67.3 Å². The number of hydrogen-bond acceptors (Lipinski definition) is 10. The predicted octanol–water partition coefficient (Wildman–Crippen LogP) is 0.942. The molecule has 0 bridgehead atoms. The number of nitrogens with zero attached hydrogens (tertiary/aromatic N) is 3. The van der Waals surface area contributed by atoms with Crippen molar-refractivity contribution in [2.24, 2.45) is 17.6 Å². The number of nitrogens with one attached hydrogen (secondary N) is 2. The van der Waals surface area contributed by atoms with E-state index in [1.54, 1.807) is 18.2 Å². The van der Waals surface area contributed by atoms with E-state index in [9.17, 15) is 54.0 Å². The number of carboxylic acids is 4. The highest BCUT2D eigenvalue weighted by molar-refractivity contribution is 5.94. The first kappa shape index (κ1) is 46.4. The fraction of sp³-hybridized carbons (Fsp3) is 0.639. The number of primary amides is 1. The van der Waals surface area contributed by atoms with E-state index in [0.29, 0.717) is 50.6 Å². The number of hydrogen-bond donors (Lipinski definition) is 7. The summed E-state index contributed by atoms with van der Waals surface area (Å²) in [6.07, 6.45) is 2.96. The van der Waals surface area contributed by atoms with E-state index in [1.165, 1.54) is 9.80 Å². The van der Waals surface area contributed by atoms with Gasteiger partial charge in [-0.1, -0.05) is 31.5 Å². The van der Waals surface area contributed by atoms with Crippen molar-refractivity contribution >= 4 is 41.6 Å². The third kappa shape index (κ3) is 19.2. The largest absolute Gasteiger partial charge is 0.480 e. The van der Waals surface area contributed by atoms with E-state index in [-0.39, 0.29) is 57.5 Å². The first-order valence-corrected chi connectivity index (χ1v) is 18.2. The van der Waals surface area contributed by atoms with Crippen molar-refractivity contribution in [3.8, 4) is 0 Å². The van der Waals surface area contributed by atoms with Gasteiger partial charge in [-0.15, -0.1) is 0 Å². The average Bonchev–Trinajstić information content (AvgIpc) is 3.10. The molecule has 0 aromatic heterocycles. The van der Waals surface area contributed by atoms with Crippen molar-refractivity contribution in [1.82, 2.24) is 25.3 Å². The molecule has 0 unspecified atom stereocenters. The Bertz CT molecular complexity index is 1350. The number of rotatable bonds is 25. The van der Waals surface area contributed by atoms with Crippen molar-refractivity contribution < 1.29 is 54.0 Å². The van der Waals surface area contributed by atoms with Crippen LogP contribution in [0.25, 0.3) is 0 Å². The number of benzene rings is 1.